The van der Waals surface area contributed by atoms with Crippen LogP contribution in [0.3, 0.4) is 0 Å². The molecule has 5 nitrogen and oxygen atoms in total. The van der Waals surface area contributed by atoms with Gasteiger partial charge in [0.05, 0.1) is 15.8 Å². The van der Waals surface area contributed by atoms with E-state index >= 15 is 0 Å². The fourth-order valence-corrected chi connectivity index (χ4v) is 4.79. The van der Waals surface area contributed by atoms with Crippen LogP contribution in [0.25, 0.3) is 10.2 Å². The highest BCUT2D eigenvalue weighted by atomic mass is 32.1. The van der Waals surface area contributed by atoms with E-state index in [1.807, 2.05) is 28.5 Å². The van der Waals surface area contributed by atoms with Crippen LogP contribution in [0.5, 0.6) is 0 Å². The summed E-state index contributed by atoms with van der Waals surface area (Å²) in [6, 6.07) is 10.5. The Bertz CT molecular complexity index is 1090. The average Bonchev–Trinajstić information content (AvgIpc) is 3.34. The van der Waals surface area contributed by atoms with Crippen LogP contribution in [0.1, 0.15) is 28.3 Å². The van der Waals surface area contributed by atoms with Crippen molar-refractivity contribution < 1.29 is 14.0 Å². The summed E-state index contributed by atoms with van der Waals surface area (Å²) >= 11 is 1.56. The number of hydrogen-bond donors (Lipinski definition) is 1. The maximum atomic E-state index is 13.9. The van der Waals surface area contributed by atoms with Gasteiger partial charge in [0.2, 0.25) is 5.91 Å². The van der Waals surface area contributed by atoms with E-state index in [0.717, 1.165) is 16.6 Å². The van der Waals surface area contributed by atoms with Crippen LogP contribution >= 0.6 is 11.3 Å². The third kappa shape index (κ3) is 3.51. The third-order valence-corrected chi connectivity index (χ3v) is 6.65. The summed E-state index contributed by atoms with van der Waals surface area (Å²) in [5.41, 5.74) is 2.10. The fraction of sp³-hybridized carbons (Fsp3) is 0.318. The minimum atomic E-state index is -0.229. The number of rotatable bonds is 5. The number of likely N-dealkylation sites (tertiary alicyclic amines) is 1. The first kappa shape index (κ1) is 18.2. The van der Waals surface area contributed by atoms with E-state index in [-0.39, 0.29) is 35.4 Å². The van der Waals surface area contributed by atoms with E-state index in [4.69, 9.17) is 0 Å². The monoisotopic (exact) mass is 409 g/mol. The van der Waals surface area contributed by atoms with E-state index in [9.17, 15) is 14.0 Å². The number of pyridine rings is 1. The molecule has 2 fully saturated rings. The number of fused-ring (bicyclic) bond motifs is 1. The molecule has 148 valence electrons. The first-order chi connectivity index (χ1) is 14.1. The Balaban J connectivity index is 1.10. The van der Waals surface area contributed by atoms with Gasteiger partial charge in [-0.25, -0.2) is 4.39 Å². The lowest BCUT2D eigenvalue weighted by atomic mass is 9.98. The van der Waals surface area contributed by atoms with Crippen molar-refractivity contribution in [1.82, 2.24) is 15.2 Å². The molecule has 3 aromatic rings. The highest BCUT2D eigenvalue weighted by molar-refractivity contribution is 7.17. The number of thiophene rings is 1. The number of halogens is 1. The maximum absolute atomic E-state index is 13.9. The SMILES string of the molecule is O=C(NCC1CN(C(=O)[C@@H]2C[C@H]2c2ccccc2F)C1)c1cnc2ccsc2c1. The quantitative estimate of drug-likeness (QED) is 0.702. The zero-order valence-electron chi connectivity index (χ0n) is 15.7. The standard InChI is InChI=1S/C22H20FN3O2S/c23-18-4-2-1-3-15(18)16-8-17(16)22(28)26-11-13(12-26)9-25-21(27)14-7-20-19(24-10-14)5-6-29-20/h1-7,10,13,16-17H,8-9,11-12H2,(H,25,27)/t16-,17+/m0/s1. The predicted octanol–water partition coefficient (Wildman–Crippen LogP) is 3.43. The van der Waals surface area contributed by atoms with Crippen LogP contribution in [0.4, 0.5) is 4.39 Å². The van der Waals surface area contributed by atoms with Crippen molar-refractivity contribution in [2.45, 2.75) is 12.3 Å². The molecule has 2 aliphatic rings. The Morgan fingerprint density at radius 2 is 2.07 bits per heavy atom. The van der Waals surface area contributed by atoms with Gasteiger partial charge in [0, 0.05) is 37.7 Å². The first-order valence-electron chi connectivity index (χ1n) is 9.75. The van der Waals surface area contributed by atoms with Gasteiger partial charge in [0.1, 0.15) is 5.82 Å². The number of carbonyl (C=O) groups excluding carboxylic acids is 2. The Labute approximate surface area is 171 Å². The number of carbonyl (C=O) groups is 2. The van der Waals surface area contributed by atoms with Crippen molar-refractivity contribution in [2.75, 3.05) is 19.6 Å². The van der Waals surface area contributed by atoms with Gasteiger partial charge in [-0.1, -0.05) is 18.2 Å². The van der Waals surface area contributed by atoms with E-state index in [2.05, 4.69) is 10.3 Å². The van der Waals surface area contributed by atoms with Crippen molar-refractivity contribution in [3.63, 3.8) is 0 Å². The molecule has 1 aliphatic carbocycles. The van der Waals surface area contributed by atoms with Gasteiger partial charge >= 0.3 is 0 Å². The van der Waals surface area contributed by atoms with Gasteiger partial charge in [-0.05, 0) is 41.5 Å². The van der Waals surface area contributed by atoms with E-state index in [1.54, 1.807) is 29.7 Å². The summed E-state index contributed by atoms with van der Waals surface area (Å²) in [6.07, 6.45) is 2.31. The molecule has 0 bridgehead atoms. The van der Waals surface area contributed by atoms with E-state index < -0.39 is 0 Å². The largest absolute Gasteiger partial charge is 0.352 e. The minimum absolute atomic E-state index is 0.00196. The second kappa shape index (κ2) is 7.22. The van der Waals surface area contributed by atoms with E-state index in [0.29, 0.717) is 30.8 Å². The second-order valence-corrected chi connectivity index (χ2v) is 8.77. The molecule has 0 unspecified atom stereocenters. The van der Waals surface area contributed by atoms with Crippen molar-refractivity contribution in [3.8, 4) is 0 Å². The van der Waals surface area contributed by atoms with Gasteiger partial charge in [0.15, 0.2) is 0 Å². The summed E-state index contributed by atoms with van der Waals surface area (Å²) in [6.45, 7) is 1.82. The summed E-state index contributed by atoms with van der Waals surface area (Å²) in [5, 5.41) is 4.90. The van der Waals surface area contributed by atoms with Crippen molar-refractivity contribution in [2.24, 2.45) is 11.8 Å². The lowest BCUT2D eigenvalue weighted by Crippen LogP contribution is -2.54. The number of aromatic nitrogens is 1. The topological polar surface area (TPSA) is 62.3 Å². The number of amides is 2. The first-order valence-corrected chi connectivity index (χ1v) is 10.6. The average molecular weight is 409 g/mol. The number of nitrogens with one attached hydrogen (secondary N) is 1. The van der Waals surface area contributed by atoms with Gasteiger partial charge in [-0.3, -0.25) is 14.6 Å². The molecule has 2 aromatic heterocycles. The molecule has 0 spiro atoms. The van der Waals surface area contributed by atoms with Crippen molar-refractivity contribution in [1.29, 1.82) is 0 Å². The number of nitrogens with zero attached hydrogens (tertiary/aromatic N) is 2. The zero-order chi connectivity index (χ0) is 20.0. The van der Waals surface area contributed by atoms with Gasteiger partial charge in [0.25, 0.3) is 5.91 Å². The summed E-state index contributed by atoms with van der Waals surface area (Å²) in [4.78, 5) is 31.1. The minimum Gasteiger partial charge on any atom is -0.352 e. The van der Waals surface area contributed by atoms with Gasteiger partial charge in [-0.15, -0.1) is 11.3 Å². The molecular formula is C22H20FN3O2S. The molecule has 2 atom stereocenters. The highest BCUT2D eigenvalue weighted by Gasteiger charge is 2.48. The highest BCUT2D eigenvalue weighted by Crippen LogP contribution is 2.49. The Morgan fingerprint density at radius 1 is 1.24 bits per heavy atom. The van der Waals surface area contributed by atoms with Gasteiger partial charge in [-0.2, -0.15) is 0 Å². The molecule has 29 heavy (non-hydrogen) atoms. The fourth-order valence-electron chi connectivity index (χ4n) is 4.01. The van der Waals surface area contributed by atoms with Crippen LogP contribution in [0.2, 0.25) is 0 Å². The van der Waals surface area contributed by atoms with Crippen molar-refractivity contribution in [3.05, 3.63) is 64.9 Å². The van der Waals surface area contributed by atoms with E-state index in [1.165, 1.54) is 6.07 Å². The molecule has 3 heterocycles. The normalized spacial score (nSPS) is 21.1. The second-order valence-electron chi connectivity index (χ2n) is 7.82. The van der Waals surface area contributed by atoms with Crippen LogP contribution < -0.4 is 5.32 Å². The molecule has 1 N–H and O–H groups in total. The zero-order valence-corrected chi connectivity index (χ0v) is 16.5. The summed E-state index contributed by atoms with van der Waals surface area (Å²) < 4.78 is 14.9. The molecular weight excluding hydrogens is 389 g/mol. The lowest BCUT2D eigenvalue weighted by molar-refractivity contribution is -0.138. The molecule has 1 aliphatic heterocycles. The summed E-state index contributed by atoms with van der Waals surface area (Å²) in [5.74, 6) is -0.111. The smallest absolute Gasteiger partial charge is 0.252 e. The molecule has 1 aromatic carbocycles. The molecule has 5 rings (SSSR count). The molecule has 1 saturated heterocycles. The van der Waals surface area contributed by atoms with Crippen LogP contribution in [0.15, 0.2) is 48.0 Å². The number of benzene rings is 1. The molecule has 2 amide bonds. The van der Waals surface area contributed by atoms with Crippen LogP contribution in [-0.2, 0) is 4.79 Å². The molecule has 0 radical (unpaired) electrons. The van der Waals surface area contributed by atoms with Crippen molar-refractivity contribution >= 4 is 33.4 Å². The Morgan fingerprint density at radius 3 is 2.90 bits per heavy atom. The maximum Gasteiger partial charge on any atom is 0.252 e. The van der Waals surface area contributed by atoms with Crippen LogP contribution in [-0.4, -0.2) is 41.3 Å². The molecule has 7 heteroatoms. The Hall–Kier alpha value is -2.80. The lowest BCUT2D eigenvalue weighted by Gasteiger charge is -2.39. The number of hydrogen-bond acceptors (Lipinski definition) is 4. The summed E-state index contributed by atoms with van der Waals surface area (Å²) in [7, 11) is 0. The molecule has 1 saturated carbocycles. The van der Waals surface area contributed by atoms with Crippen LogP contribution in [0, 0.1) is 17.7 Å². The third-order valence-electron chi connectivity index (χ3n) is 5.80. The Kier molecular flexibility index (Phi) is 4.54. The van der Waals surface area contributed by atoms with Gasteiger partial charge < -0.3 is 10.2 Å². The predicted molar refractivity (Wildman–Crippen MR) is 109 cm³/mol.